The zero-order valence-corrected chi connectivity index (χ0v) is 28.5. The van der Waals surface area contributed by atoms with Crippen LogP contribution in [0.25, 0.3) is 0 Å². The number of rotatable bonds is 5. The van der Waals surface area contributed by atoms with E-state index in [0.717, 1.165) is 49.4 Å². The van der Waals surface area contributed by atoms with Gasteiger partial charge in [0.2, 0.25) is 11.9 Å². The summed E-state index contributed by atoms with van der Waals surface area (Å²) < 4.78 is 0. The van der Waals surface area contributed by atoms with Crippen LogP contribution in [0.2, 0.25) is 0 Å². The van der Waals surface area contributed by atoms with Crippen molar-refractivity contribution in [3.8, 4) is 0 Å². The van der Waals surface area contributed by atoms with E-state index in [4.69, 9.17) is 20.0 Å². The van der Waals surface area contributed by atoms with Gasteiger partial charge in [0.15, 0.2) is 11.6 Å². The number of carbonyl (C=O) groups is 2. The summed E-state index contributed by atoms with van der Waals surface area (Å²) in [5, 5.41) is 0. The minimum Gasteiger partial charge on any atom is -0.336 e. The molecular weight excluding hydrogens is 616 g/mol. The Balaban J connectivity index is 0.000000142. The summed E-state index contributed by atoms with van der Waals surface area (Å²) in [6.07, 6.45) is 6.01. The Morgan fingerprint density at radius 1 is 0.755 bits per heavy atom. The van der Waals surface area contributed by atoms with Gasteiger partial charge < -0.3 is 9.97 Å². The number of anilines is 2. The van der Waals surface area contributed by atoms with E-state index in [9.17, 15) is 9.59 Å². The number of carbonyl (C=O) groups excluding carboxylic acids is 2. The second-order valence-corrected chi connectivity index (χ2v) is 14.1. The van der Waals surface area contributed by atoms with Gasteiger partial charge in [-0.25, -0.2) is 20.0 Å². The average Bonchev–Trinajstić information content (AvgIpc) is 3.94. The van der Waals surface area contributed by atoms with Crippen LogP contribution in [0.4, 0.5) is 11.6 Å². The van der Waals surface area contributed by atoms with E-state index >= 15 is 0 Å². The molecule has 4 aliphatic heterocycles. The number of nitrogens with one attached hydrogen (secondary N) is 2. The summed E-state index contributed by atoms with van der Waals surface area (Å²) in [5.41, 5.74) is 3.47. The number of nitrogens with zero attached hydrogens (tertiary/aromatic N) is 8. The summed E-state index contributed by atoms with van der Waals surface area (Å²) in [6.45, 7) is 5.92. The molecule has 1 spiro atoms. The van der Waals surface area contributed by atoms with Crippen LogP contribution in [0, 0.1) is 5.92 Å². The number of fused-ring (bicyclic) bond motifs is 6. The third-order valence-electron chi connectivity index (χ3n) is 10.3. The van der Waals surface area contributed by atoms with Crippen LogP contribution < -0.4 is 9.80 Å². The maximum Gasteiger partial charge on any atom is 0.280 e. The summed E-state index contributed by atoms with van der Waals surface area (Å²) >= 11 is 0. The van der Waals surface area contributed by atoms with Crippen molar-refractivity contribution in [1.29, 1.82) is 0 Å². The van der Waals surface area contributed by atoms with Crippen LogP contribution in [-0.4, -0.2) is 92.2 Å². The zero-order valence-electron chi connectivity index (χ0n) is 28.5. The molecule has 0 saturated heterocycles. The predicted octanol–water partition coefficient (Wildman–Crippen LogP) is 4.86. The first-order valence-corrected chi connectivity index (χ1v) is 17.2. The Morgan fingerprint density at radius 2 is 1.27 bits per heavy atom. The maximum atomic E-state index is 12.8. The Labute approximate surface area is 286 Å². The second-order valence-electron chi connectivity index (χ2n) is 14.1. The molecule has 9 rings (SSSR count). The van der Waals surface area contributed by atoms with Gasteiger partial charge >= 0.3 is 0 Å². The van der Waals surface area contributed by atoms with Gasteiger partial charge in [-0.05, 0) is 29.9 Å². The molecule has 2 aromatic heterocycles. The summed E-state index contributed by atoms with van der Waals surface area (Å²) in [4.78, 5) is 58.5. The molecule has 49 heavy (non-hydrogen) atoms. The first-order chi connectivity index (χ1) is 23.7. The average molecular weight is 659 g/mol. The maximum absolute atomic E-state index is 12.8. The van der Waals surface area contributed by atoms with Crippen molar-refractivity contribution in [1.82, 2.24) is 29.7 Å². The molecule has 1 saturated carbocycles. The Bertz CT molecular complexity index is 1950. The molecule has 4 aromatic rings. The largest absolute Gasteiger partial charge is 0.336 e. The highest BCUT2D eigenvalue weighted by molar-refractivity contribution is 6.18. The number of aromatic amines is 2. The molecule has 2 aromatic carbocycles. The zero-order chi connectivity index (χ0) is 33.9. The lowest BCUT2D eigenvalue weighted by Gasteiger charge is -2.30. The number of benzene rings is 2. The Hall–Kier alpha value is -5.26. The van der Waals surface area contributed by atoms with Crippen molar-refractivity contribution in [2.24, 2.45) is 15.9 Å². The minimum atomic E-state index is -0.0729. The lowest BCUT2D eigenvalue weighted by Crippen LogP contribution is -2.48. The van der Waals surface area contributed by atoms with Crippen LogP contribution in [0.5, 0.6) is 0 Å². The number of guanidine groups is 2. The highest BCUT2D eigenvalue weighted by Crippen LogP contribution is 2.42. The summed E-state index contributed by atoms with van der Waals surface area (Å²) in [6, 6.07) is 20.5. The van der Waals surface area contributed by atoms with Gasteiger partial charge in [-0.15, -0.1) is 0 Å². The van der Waals surface area contributed by atoms with E-state index < -0.39 is 0 Å². The summed E-state index contributed by atoms with van der Waals surface area (Å²) in [5.74, 6) is 4.87. The molecule has 12 nitrogen and oxygen atoms in total. The topological polar surface area (TPSA) is 129 Å². The van der Waals surface area contributed by atoms with Crippen molar-refractivity contribution < 1.29 is 9.59 Å². The Kier molecular flexibility index (Phi) is 7.61. The lowest BCUT2D eigenvalue weighted by molar-refractivity contribution is 0.0852. The van der Waals surface area contributed by atoms with Crippen LogP contribution in [0.1, 0.15) is 83.3 Å². The fraction of sp³-hybridized carbons (Fsp3) is 0.405. The molecule has 252 valence electrons. The van der Waals surface area contributed by atoms with Crippen molar-refractivity contribution in [3.63, 3.8) is 0 Å². The van der Waals surface area contributed by atoms with E-state index in [1.165, 1.54) is 24.0 Å². The molecule has 5 aliphatic rings. The summed E-state index contributed by atoms with van der Waals surface area (Å²) in [7, 11) is 3.58. The smallest absolute Gasteiger partial charge is 0.280 e. The van der Waals surface area contributed by atoms with Gasteiger partial charge in [0.1, 0.15) is 23.0 Å². The van der Waals surface area contributed by atoms with Gasteiger partial charge in [0.25, 0.3) is 11.8 Å². The molecule has 1 aliphatic carbocycles. The minimum absolute atomic E-state index is 0.0238. The fourth-order valence-electron chi connectivity index (χ4n) is 7.51. The standard InChI is InChI=1S/C19H21N5O.C18H21N5O/c1-23-17(25)15-16(21-14(20-15)11-13-7-3-2-4-8-13)24-12-19(22-18(23)24)9-5-6-10-19;1-11(2)13-10-23-16-15(17(24)22(3)18(23)19-13)20-14(21-16)9-12-7-5-4-6-8-12/h2-4,7-8H,5-6,9-12H2,1H3,(H,20,21);4-8,11,13H,9-10H2,1-3H3,(H,20,21)/t;13-/m.0/s1. The van der Waals surface area contributed by atoms with Gasteiger partial charge in [0, 0.05) is 26.9 Å². The van der Waals surface area contributed by atoms with Gasteiger partial charge in [-0.3, -0.25) is 29.2 Å². The molecular formula is C37H42N10O2. The third-order valence-corrected chi connectivity index (χ3v) is 10.3. The van der Waals surface area contributed by atoms with E-state index in [1.54, 1.807) is 16.8 Å². The lowest BCUT2D eigenvalue weighted by atomic mass is 9.99. The van der Waals surface area contributed by atoms with Crippen molar-refractivity contribution >= 4 is 35.4 Å². The predicted molar refractivity (Wildman–Crippen MR) is 189 cm³/mol. The van der Waals surface area contributed by atoms with Gasteiger partial charge in [-0.1, -0.05) is 87.4 Å². The van der Waals surface area contributed by atoms with Crippen LogP contribution >= 0.6 is 0 Å². The quantitative estimate of drug-likeness (QED) is 0.315. The van der Waals surface area contributed by atoms with Gasteiger partial charge in [0.05, 0.1) is 24.7 Å². The second kappa shape index (κ2) is 12.0. The van der Waals surface area contributed by atoms with Crippen LogP contribution in [0.15, 0.2) is 70.6 Å². The first-order valence-electron chi connectivity index (χ1n) is 17.2. The van der Waals surface area contributed by atoms with Crippen molar-refractivity contribution in [2.45, 2.75) is 64.0 Å². The molecule has 6 heterocycles. The van der Waals surface area contributed by atoms with Gasteiger partial charge in [-0.2, -0.15) is 0 Å². The highest BCUT2D eigenvalue weighted by Gasteiger charge is 2.48. The monoisotopic (exact) mass is 658 g/mol. The molecule has 0 bridgehead atoms. The van der Waals surface area contributed by atoms with Crippen molar-refractivity contribution in [3.05, 3.63) is 94.8 Å². The van der Waals surface area contributed by atoms with Crippen LogP contribution in [-0.2, 0) is 12.8 Å². The third kappa shape index (κ3) is 5.48. The number of amides is 2. The number of H-pyrrole nitrogens is 2. The van der Waals surface area contributed by atoms with Crippen LogP contribution in [0.3, 0.4) is 0 Å². The molecule has 2 N–H and O–H groups in total. The number of aromatic nitrogens is 4. The fourth-order valence-corrected chi connectivity index (χ4v) is 7.51. The normalized spacial score (nSPS) is 20.2. The SMILES string of the molecule is CC(C)[C@@H]1CN2C(=N1)N(C)C(=O)c1[nH]c(Cc3ccccc3)nc12.CN1C(=O)c2[nH]c(Cc3ccccc3)nc2N2CC3(CCCC3)N=C12. The highest BCUT2D eigenvalue weighted by atomic mass is 16.2. The van der Waals surface area contributed by atoms with E-state index in [1.807, 2.05) is 43.4 Å². The number of hydrogen-bond acceptors (Lipinski definition) is 8. The van der Waals surface area contributed by atoms with E-state index in [0.29, 0.717) is 41.9 Å². The van der Waals surface area contributed by atoms with E-state index in [-0.39, 0.29) is 23.4 Å². The Morgan fingerprint density at radius 3 is 1.80 bits per heavy atom. The molecule has 0 unspecified atom stereocenters. The molecule has 12 heteroatoms. The number of hydrogen-bond donors (Lipinski definition) is 2. The molecule has 1 fully saturated rings. The first kappa shape index (κ1) is 31.0. The molecule has 1 atom stereocenters. The van der Waals surface area contributed by atoms with Crippen molar-refractivity contribution in [2.75, 3.05) is 37.0 Å². The van der Waals surface area contributed by atoms with E-state index in [2.05, 4.69) is 57.9 Å². The number of aliphatic imine (C=N–C) groups is 2. The molecule has 2 amide bonds. The number of imidazole rings is 2. The molecule has 0 radical (unpaired) electrons.